The molecule has 0 atom stereocenters. The summed E-state index contributed by atoms with van der Waals surface area (Å²) >= 11 is 3.17. The van der Waals surface area contributed by atoms with Gasteiger partial charge in [-0.15, -0.1) is 6.42 Å². The summed E-state index contributed by atoms with van der Waals surface area (Å²) in [5.41, 5.74) is 0. The molecular formula is C12H17BrO4Re-2. The predicted molar refractivity (Wildman–Crippen MR) is 71.7 cm³/mol. The maximum atomic E-state index is 9.42. The second-order valence-electron chi connectivity index (χ2n) is 1.94. The van der Waals surface area contributed by atoms with E-state index in [1.54, 1.807) is 6.29 Å². The number of allylic oxidation sites excluding steroid dienone is 4. The Hall–Kier alpha value is -0.698. The Morgan fingerprint density at radius 2 is 1.67 bits per heavy atom. The summed E-state index contributed by atoms with van der Waals surface area (Å²) in [6.07, 6.45) is 13.3. The molecule has 6 heteroatoms. The topological polar surface area (TPSA) is 68.3 Å². The Bertz CT molecular complexity index is 172. The summed E-state index contributed by atoms with van der Waals surface area (Å²) in [7, 11) is 0. The molecular weight excluding hydrogens is 474 g/mol. The summed E-state index contributed by atoms with van der Waals surface area (Å²) in [6, 6.07) is 0. The first kappa shape index (κ1) is 30.4. The molecule has 0 unspecified atom stereocenters. The molecule has 4 nitrogen and oxygen atoms in total. The van der Waals surface area contributed by atoms with Crippen molar-refractivity contribution in [3.05, 3.63) is 24.3 Å². The second kappa shape index (κ2) is 55.4. The van der Waals surface area contributed by atoms with Crippen LogP contribution in [0.1, 0.15) is 19.3 Å². The van der Waals surface area contributed by atoms with E-state index in [9.17, 15) is 4.79 Å². The van der Waals surface area contributed by atoms with Crippen LogP contribution in [0.15, 0.2) is 18.2 Å². The molecule has 1 radical (unpaired) electrons. The Morgan fingerprint density at radius 1 is 1.17 bits per heavy atom. The molecule has 0 saturated heterocycles. The summed E-state index contributed by atoms with van der Waals surface area (Å²) in [5.74, 6) is 0. The smallest absolute Gasteiger partial charge is 0.106 e. The predicted octanol–water partition coefficient (Wildman–Crippen LogP) is 2.02. The minimum Gasteiger partial charge on any atom is -0.542 e. The van der Waals surface area contributed by atoms with Crippen molar-refractivity contribution in [1.29, 1.82) is 0 Å². The zero-order chi connectivity index (χ0) is 14.4. The number of unbranched alkanes of at least 4 members (excludes halogenated alkanes) is 1. The Kier molecular flexibility index (Phi) is 93.5. The summed E-state index contributed by atoms with van der Waals surface area (Å²) in [6.45, 7) is 6.00. The molecule has 1 aliphatic rings. The summed E-state index contributed by atoms with van der Waals surface area (Å²) < 4.78 is 0. The van der Waals surface area contributed by atoms with Crippen LogP contribution in [-0.2, 0) is 39.6 Å². The van der Waals surface area contributed by atoms with Gasteiger partial charge in [0, 0.05) is 25.8 Å². The Balaban J connectivity index is -0.0000000428. The van der Waals surface area contributed by atoms with Crippen molar-refractivity contribution in [3.63, 3.8) is 0 Å². The first-order valence-corrected chi connectivity index (χ1v) is 5.53. The maximum Gasteiger partial charge on any atom is 0.106 e. The van der Waals surface area contributed by atoms with Crippen molar-refractivity contribution in [1.82, 2.24) is 0 Å². The number of rotatable bonds is 3. The van der Waals surface area contributed by atoms with E-state index in [0.29, 0.717) is 6.42 Å². The van der Waals surface area contributed by atoms with E-state index in [1.165, 1.54) is 0 Å². The van der Waals surface area contributed by atoms with Crippen molar-refractivity contribution in [2.75, 3.05) is 5.33 Å². The molecule has 0 aromatic rings. The van der Waals surface area contributed by atoms with Crippen molar-refractivity contribution in [2.24, 2.45) is 0 Å². The molecule has 0 aromatic heterocycles. The first-order chi connectivity index (χ1) is 8.41. The van der Waals surface area contributed by atoms with Gasteiger partial charge in [0.15, 0.2) is 0 Å². The Labute approximate surface area is 131 Å². The van der Waals surface area contributed by atoms with Crippen molar-refractivity contribution in [3.8, 4) is 0 Å². The Morgan fingerprint density at radius 3 is 1.78 bits per heavy atom. The largest absolute Gasteiger partial charge is 0.542 e. The SMILES string of the molecule is C=O.C=O.C=O.O=[C-]CCCBr.[C-]1=CC=CC1.[Re]. The van der Waals surface area contributed by atoms with Crippen molar-refractivity contribution < 1.29 is 39.6 Å². The van der Waals surface area contributed by atoms with Gasteiger partial charge in [-0.3, -0.25) is 12.4 Å². The molecule has 0 heterocycles. The fraction of sp³-hybridized carbons (Fsp3) is 0.333. The van der Waals surface area contributed by atoms with E-state index < -0.39 is 0 Å². The van der Waals surface area contributed by atoms with Crippen LogP contribution in [0.3, 0.4) is 0 Å². The standard InChI is InChI=1S/C5H5.C4H6BrO.3CH2O.Re/c1-2-4-5-3-1;5-3-1-2-4-6;3*1-2;/h1-3H,4H2;1-3H2;3*1H2;/q2*-1;;;;. The minimum atomic E-state index is 0. The molecule has 18 heavy (non-hydrogen) atoms. The average molecular weight is 491 g/mol. The van der Waals surface area contributed by atoms with E-state index in [4.69, 9.17) is 14.4 Å². The van der Waals surface area contributed by atoms with Crippen LogP contribution in [0.4, 0.5) is 0 Å². The number of carbonyl (C=O) groups excluding carboxylic acids is 4. The van der Waals surface area contributed by atoms with Crippen LogP contribution in [-0.4, -0.2) is 32.0 Å². The van der Waals surface area contributed by atoms with Gasteiger partial charge in [0.25, 0.3) is 0 Å². The van der Waals surface area contributed by atoms with E-state index in [-0.39, 0.29) is 20.4 Å². The number of alkyl halides is 1. The van der Waals surface area contributed by atoms with Crippen LogP contribution in [0.2, 0.25) is 0 Å². The van der Waals surface area contributed by atoms with E-state index in [2.05, 4.69) is 28.1 Å². The van der Waals surface area contributed by atoms with Gasteiger partial charge >= 0.3 is 0 Å². The quantitative estimate of drug-likeness (QED) is 0.344. The normalized spacial score (nSPS) is 8.28. The fourth-order valence-corrected chi connectivity index (χ4v) is 0.760. The number of halogens is 1. The van der Waals surface area contributed by atoms with Gasteiger partial charge in [0.05, 0.1) is 0 Å². The van der Waals surface area contributed by atoms with Crippen molar-refractivity contribution >= 4 is 42.6 Å². The molecule has 0 fully saturated rings. The van der Waals surface area contributed by atoms with Gasteiger partial charge in [0.2, 0.25) is 0 Å². The molecule has 0 bridgehead atoms. The molecule has 0 saturated carbocycles. The molecule has 0 aliphatic heterocycles. The van der Waals surface area contributed by atoms with Gasteiger partial charge in [-0.05, 0) is 0 Å². The van der Waals surface area contributed by atoms with Crippen LogP contribution in [0.5, 0.6) is 0 Å². The summed E-state index contributed by atoms with van der Waals surface area (Å²) in [4.78, 5) is 33.4. The third-order valence-corrected chi connectivity index (χ3v) is 1.56. The van der Waals surface area contributed by atoms with Crippen LogP contribution in [0, 0.1) is 6.08 Å². The van der Waals surface area contributed by atoms with Gasteiger partial charge in [-0.25, -0.2) is 12.2 Å². The van der Waals surface area contributed by atoms with E-state index >= 15 is 0 Å². The number of carbonyl (C=O) groups is 3. The van der Waals surface area contributed by atoms with E-state index in [1.807, 2.05) is 32.5 Å². The fourth-order valence-electron chi connectivity index (χ4n) is 0.479. The molecule has 0 spiro atoms. The molecule has 0 amide bonds. The van der Waals surface area contributed by atoms with Crippen molar-refractivity contribution in [2.45, 2.75) is 19.3 Å². The molecule has 1 aliphatic carbocycles. The first-order valence-electron chi connectivity index (χ1n) is 4.41. The monoisotopic (exact) mass is 491 g/mol. The molecule has 1 rings (SSSR count). The molecule has 105 valence electrons. The zero-order valence-corrected chi connectivity index (χ0v) is 14.4. The zero-order valence-electron chi connectivity index (χ0n) is 10.1. The van der Waals surface area contributed by atoms with E-state index in [0.717, 1.165) is 18.2 Å². The second-order valence-corrected chi connectivity index (χ2v) is 2.73. The third-order valence-electron chi connectivity index (χ3n) is 0.998. The summed E-state index contributed by atoms with van der Waals surface area (Å²) in [5, 5.41) is 0.905. The van der Waals surface area contributed by atoms with Crippen LogP contribution >= 0.6 is 15.9 Å². The number of hydrogen-bond donors (Lipinski definition) is 0. The van der Waals surface area contributed by atoms with Crippen LogP contribution < -0.4 is 0 Å². The number of hydrogen-bond acceptors (Lipinski definition) is 4. The maximum absolute atomic E-state index is 9.42. The average Bonchev–Trinajstić information content (AvgIpc) is 3.02. The molecule has 0 aromatic carbocycles. The van der Waals surface area contributed by atoms with Gasteiger partial charge < -0.3 is 19.2 Å². The van der Waals surface area contributed by atoms with Gasteiger partial charge in [-0.1, -0.05) is 22.4 Å². The van der Waals surface area contributed by atoms with Gasteiger partial charge in [-0.2, -0.15) is 12.5 Å². The molecule has 0 N–H and O–H groups in total. The minimum absolute atomic E-state index is 0. The van der Waals surface area contributed by atoms with Crippen LogP contribution in [0.25, 0.3) is 0 Å². The third kappa shape index (κ3) is 58.7. The van der Waals surface area contributed by atoms with Gasteiger partial charge in [0.1, 0.15) is 20.4 Å².